The van der Waals surface area contributed by atoms with Crippen LogP contribution in [0.15, 0.2) is 52.5 Å². The summed E-state index contributed by atoms with van der Waals surface area (Å²) in [6.45, 7) is 1.11. The van der Waals surface area contributed by atoms with E-state index in [0.717, 1.165) is 12.8 Å². The van der Waals surface area contributed by atoms with Gasteiger partial charge in [0, 0.05) is 24.6 Å². The highest BCUT2D eigenvalue weighted by Crippen LogP contribution is 2.21. The number of methoxy groups -OCH3 is 1. The zero-order valence-corrected chi connectivity index (χ0v) is 17.4. The predicted octanol–water partition coefficient (Wildman–Crippen LogP) is 2.71. The molecule has 30 heavy (non-hydrogen) atoms. The van der Waals surface area contributed by atoms with Crippen molar-refractivity contribution >= 4 is 34.4 Å². The lowest BCUT2D eigenvalue weighted by molar-refractivity contribution is -0.113. The van der Waals surface area contributed by atoms with E-state index in [9.17, 15) is 9.59 Å². The standard InChI is InChI=1S/C21H22N4O4S/c1-28-15-6-2-5-14(11-15)23-18(26)13-30-21-24-19-17(8-3-9-22-19)20(27)25(21)12-16-7-4-10-29-16/h2-3,5-6,8-9,11,16H,4,7,10,12-13H2,1H3,(H,23,26)/t16-/m0/s1. The third-order valence-corrected chi connectivity index (χ3v) is 5.77. The van der Waals surface area contributed by atoms with Gasteiger partial charge < -0.3 is 14.8 Å². The summed E-state index contributed by atoms with van der Waals surface area (Å²) in [5.74, 6) is 0.563. The van der Waals surface area contributed by atoms with Gasteiger partial charge in [0.25, 0.3) is 5.56 Å². The molecule has 3 heterocycles. The van der Waals surface area contributed by atoms with Gasteiger partial charge in [-0.15, -0.1) is 0 Å². The predicted molar refractivity (Wildman–Crippen MR) is 115 cm³/mol. The zero-order valence-electron chi connectivity index (χ0n) is 16.5. The smallest absolute Gasteiger partial charge is 0.263 e. The van der Waals surface area contributed by atoms with Crippen molar-refractivity contribution in [2.45, 2.75) is 30.6 Å². The first kappa shape index (κ1) is 20.4. The van der Waals surface area contributed by atoms with Gasteiger partial charge >= 0.3 is 0 Å². The number of hydrogen-bond donors (Lipinski definition) is 1. The van der Waals surface area contributed by atoms with Gasteiger partial charge in [-0.1, -0.05) is 17.8 Å². The lowest BCUT2D eigenvalue weighted by atomic mass is 10.2. The van der Waals surface area contributed by atoms with Crippen molar-refractivity contribution in [3.8, 4) is 5.75 Å². The summed E-state index contributed by atoms with van der Waals surface area (Å²) in [5, 5.41) is 3.76. The summed E-state index contributed by atoms with van der Waals surface area (Å²) < 4.78 is 12.5. The average molecular weight is 426 g/mol. The highest BCUT2D eigenvalue weighted by molar-refractivity contribution is 7.99. The molecule has 0 unspecified atom stereocenters. The summed E-state index contributed by atoms with van der Waals surface area (Å²) in [5.41, 5.74) is 0.853. The van der Waals surface area contributed by atoms with Gasteiger partial charge in [-0.2, -0.15) is 0 Å². The lowest BCUT2D eigenvalue weighted by Gasteiger charge is -2.16. The van der Waals surface area contributed by atoms with Crippen molar-refractivity contribution in [1.29, 1.82) is 0 Å². The first-order valence-corrected chi connectivity index (χ1v) is 10.7. The third-order valence-electron chi connectivity index (χ3n) is 4.79. The fraction of sp³-hybridized carbons (Fsp3) is 0.333. The highest BCUT2D eigenvalue weighted by atomic mass is 32.2. The quantitative estimate of drug-likeness (QED) is 0.458. The Hall–Kier alpha value is -2.91. The molecule has 0 aliphatic carbocycles. The van der Waals surface area contributed by atoms with Crippen LogP contribution in [0.25, 0.3) is 11.0 Å². The molecule has 0 radical (unpaired) electrons. The van der Waals surface area contributed by atoms with Crippen LogP contribution in [0.4, 0.5) is 5.69 Å². The minimum absolute atomic E-state index is 0.0245. The van der Waals surface area contributed by atoms with Crippen LogP contribution in [0.5, 0.6) is 5.75 Å². The number of carbonyl (C=O) groups excluding carboxylic acids is 1. The normalized spacial score (nSPS) is 16.0. The average Bonchev–Trinajstić information content (AvgIpc) is 3.28. The molecular weight excluding hydrogens is 404 g/mol. The molecule has 1 saturated heterocycles. The Morgan fingerprint density at radius 3 is 3.07 bits per heavy atom. The largest absolute Gasteiger partial charge is 0.497 e. The maximum Gasteiger partial charge on any atom is 0.263 e. The number of nitrogens with one attached hydrogen (secondary N) is 1. The van der Waals surface area contributed by atoms with E-state index in [2.05, 4.69) is 15.3 Å². The van der Waals surface area contributed by atoms with Gasteiger partial charge in [0.05, 0.1) is 30.9 Å². The fourth-order valence-electron chi connectivity index (χ4n) is 3.33. The second kappa shape index (κ2) is 9.27. The van der Waals surface area contributed by atoms with Gasteiger partial charge in [0.15, 0.2) is 10.8 Å². The molecule has 8 nitrogen and oxygen atoms in total. The minimum Gasteiger partial charge on any atom is -0.497 e. The van der Waals surface area contributed by atoms with E-state index in [1.54, 1.807) is 54.3 Å². The molecule has 2 aromatic heterocycles. The summed E-state index contributed by atoms with van der Waals surface area (Å²) in [6, 6.07) is 10.6. The van der Waals surface area contributed by atoms with E-state index < -0.39 is 0 Å². The summed E-state index contributed by atoms with van der Waals surface area (Å²) in [7, 11) is 1.57. The van der Waals surface area contributed by atoms with Gasteiger partial charge in [0.2, 0.25) is 5.91 Å². The van der Waals surface area contributed by atoms with Crippen LogP contribution in [0.2, 0.25) is 0 Å². The number of thioether (sulfide) groups is 1. The molecule has 1 atom stereocenters. The van der Waals surface area contributed by atoms with Crippen molar-refractivity contribution in [3.05, 3.63) is 52.9 Å². The Morgan fingerprint density at radius 2 is 2.27 bits per heavy atom. The van der Waals surface area contributed by atoms with Crippen molar-refractivity contribution in [1.82, 2.24) is 14.5 Å². The Labute approximate surface area is 177 Å². The van der Waals surface area contributed by atoms with Crippen LogP contribution in [0.3, 0.4) is 0 Å². The van der Waals surface area contributed by atoms with E-state index in [0.29, 0.717) is 40.8 Å². The van der Waals surface area contributed by atoms with Crippen molar-refractivity contribution in [2.24, 2.45) is 0 Å². The SMILES string of the molecule is COc1cccc(NC(=O)CSc2nc3ncccc3c(=O)n2C[C@@H]2CCCO2)c1. The molecular formula is C21H22N4O4S. The van der Waals surface area contributed by atoms with Crippen molar-refractivity contribution in [2.75, 3.05) is 24.8 Å². The number of nitrogens with zero attached hydrogens (tertiary/aromatic N) is 3. The molecule has 0 bridgehead atoms. The van der Waals surface area contributed by atoms with Gasteiger partial charge in [-0.3, -0.25) is 14.2 Å². The zero-order chi connectivity index (χ0) is 20.9. The number of amides is 1. The Morgan fingerprint density at radius 1 is 1.37 bits per heavy atom. The number of ether oxygens (including phenoxy) is 2. The molecule has 1 fully saturated rings. The number of fused-ring (bicyclic) bond motifs is 1. The third kappa shape index (κ3) is 4.63. The highest BCUT2D eigenvalue weighted by Gasteiger charge is 2.21. The number of carbonyl (C=O) groups is 1. The van der Waals surface area contributed by atoms with E-state index >= 15 is 0 Å². The number of aromatic nitrogens is 3. The first-order chi connectivity index (χ1) is 14.6. The van der Waals surface area contributed by atoms with Crippen LogP contribution >= 0.6 is 11.8 Å². The Bertz CT molecular complexity index is 1110. The van der Waals surface area contributed by atoms with Crippen LogP contribution in [-0.4, -0.2) is 46.0 Å². The number of benzene rings is 1. The van der Waals surface area contributed by atoms with Gasteiger partial charge in [-0.05, 0) is 37.1 Å². The maximum absolute atomic E-state index is 13.0. The second-order valence-electron chi connectivity index (χ2n) is 6.89. The molecule has 0 saturated carbocycles. The molecule has 0 spiro atoms. The van der Waals surface area contributed by atoms with Crippen LogP contribution in [-0.2, 0) is 16.1 Å². The number of pyridine rings is 1. The van der Waals surface area contributed by atoms with Crippen LogP contribution in [0, 0.1) is 0 Å². The van der Waals surface area contributed by atoms with Crippen LogP contribution in [0.1, 0.15) is 12.8 Å². The second-order valence-corrected chi connectivity index (χ2v) is 7.83. The maximum atomic E-state index is 13.0. The van der Waals surface area contributed by atoms with E-state index in [1.807, 2.05) is 0 Å². The Balaban J connectivity index is 1.54. The van der Waals surface area contributed by atoms with Crippen molar-refractivity contribution in [3.63, 3.8) is 0 Å². The van der Waals surface area contributed by atoms with E-state index in [-0.39, 0.29) is 23.3 Å². The summed E-state index contributed by atoms with van der Waals surface area (Å²) in [6.07, 6.45) is 3.46. The Kier molecular flexibility index (Phi) is 6.29. The monoisotopic (exact) mass is 426 g/mol. The van der Waals surface area contributed by atoms with Gasteiger partial charge in [-0.25, -0.2) is 9.97 Å². The van der Waals surface area contributed by atoms with Gasteiger partial charge in [0.1, 0.15) is 5.75 Å². The molecule has 1 aromatic carbocycles. The molecule has 1 amide bonds. The molecule has 4 rings (SSSR count). The number of rotatable bonds is 7. The first-order valence-electron chi connectivity index (χ1n) is 9.68. The topological polar surface area (TPSA) is 95.3 Å². The molecule has 9 heteroatoms. The van der Waals surface area contributed by atoms with Crippen molar-refractivity contribution < 1.29 is 14.3 Å². The number of anilines is 1. The van der Waals surface area contributed by atoms with Crippen LogP contribution < -0.4 is 15.6 Å². The lowest BCUT2D eigenvalue weighted by Crippen LogP contribution is -2.29. The van der Waals surface area contributed by atoms with E-state index in [4.69, 9.17) is 9.47 Å². The molecule has 3 aromatic rings. The minimum atomic E-state index is -0.202. The summed E-state index contributed by atoms with van der Waals surface area (Å²) in [4.78, 5) is 34.3. The molecule has 1 aliphatic heterocycles. The fourth-order valence-corrected chi connectivity index (χ4v) is 4.12. The summed E-state index contributed by atoms with van der Waals surface area (Å²) >= 11 is 1.21. The number of hydrogen-bond acceptors (Lipinski definition) is 7. The molecule has 1 aliphatic rings. The molecule has 1 N–H and O–H groups in total. The van der Waals surface area contributed by atoms with E-state index in [1.165, 1.54) is 11.8 Å². The molecule has 156 valence electrons.